The van der Waals surface area contributed by atoms with Crippen molar-refractivity contribution in [2.24, 2.45) is 0 Å². The number of rotatable bonds is 3. The number of ether oxygens (including phenoxy) is 2. The van der Waals surface area contributed by atoms with Gasteiger partial charge in [-0.3, -0.25) is 4.79 Å². The summed E-state index contributed by atoms with van der Waals surface area (Å²) in [4.78, 5) is 11.0. The lowest BCUT2D eigenvalue weighted by Gasteiger charge is -2.12. The topological polar surface area (TPSA) is 35.5 Å². The molecular formula is C9H14O3. The van der Waals surface area contributed by atoms with Gasteiger partial charge in [-0.2, -0.15) is 0 Å². The fraction of sp³-hybridized carbons (Fsp3) is 0.667. The molecule has 0 fully saturated rings. The minimum atomic E-state index is -0.158. The smallest absolute Gasteiger partial charge is 0.310 e. The van der Waals surface area contributed by atoms with Crippen LogP contribution in [0.15, 0.2) is 11.8 Å². The second-order valence-corrected chi connectivity index (χ2v) is 2.73. The summed E-state index contributed by atoms with van der Waals surface area (Å²) in [6.45, 7) is 3.03. The van der Waals surface area contributed by atoms with E-state index in [4.69, 9.17) is 9.47 Å². The van der Waals surface area contributed by atoms with E-state index in [1.807, 2.05) is 6.92 Å². The van der Waals surface area contributed by atoms with Crippen LogP contribution in [0.1, 0.15) is 26.2 Å². The van der Waals surface area contributed by atoms with Gasteiger partial charge in [0, 0.05) is 0 Å². The van der Waals surface area contributed by atoms with Crippen molar-refractivity contribution < 1.29 is 14.3 Å². The number of carbonyl (C=O) groups excluding carboxylic acids is 1. The Balaban J connectivity index is 2.29. The van der Waals surface area contributed by atoms with Gasteiger partial charge in [0.2, 0.25) is 0 Å². The molecule has 68 valence electrons. The molecule has 0 aromatic carbocycles. The maximum absolute atomic E-state index is 11.0. The van der Waals surface area contributed by atoms with Gasteiger partial charge in [0.1, 0.15) is 0 Å². The average molecular weight is 170 g/mol. The Morgan fingerprint density at radius 1 is 1.75 bits per heavy atom. The summed E-state index contributed by atoms with van der Waals surface area (Å²) in [6, 6.07) is 0. The van der Waals surface area contributed by atoms with Gasteiger partial charge in [-0.05, 0) is 25.3 Å². The summed E-state index contributed by atoms with van der Waals surface area (Å²) in [6.07, 6.45) is 4.03. The normalized spacial score (nSPS) is 16.2. The lowest BCUT2D eigenvalue weighted by atomic mass is 10.1. The van der Waals surface area contributed by atoms with Crippen molar-refractivity contribution in [2.45, 2.75) is 26.2 Å². The Morgan fingerprint density at radius 3 is 3.17 bits per heavy atom. The molecule has 3 nitrogen and oxygen atoms in total. The number of esters is 1. The molecule has 1 aliphatic rings. The Kier molecular flexibility index (Phi) is 3.64. The van der Waals surface area contributed by atoms with Gasteiger partial charge in [0.15, 0.2) is 0 Å². The highest BCUT2D eigenvalue weighted by molar-refractivity contribution is 5.72. The van der Waals surface area contributed by atoms with Crippen molar-refractivity contribution in [3.05, 3.63) is 11.8 Å². The predicted octanol–water partition coefficient (Wildman–Crippen LogP) is 1.63. The van der Waals surface area contributed by atoms with Gasteiger partial charge in [-0.15, -0.1) is 0 Å². The largest absolute Gasteiger partial charge is 0.501 e. The molecule has 1 rings (SSSR count). The fourth-order valence-electron chi connectivity index (χ4n) is 1.15. The molecule has 0 amide bonds. The highest BCUT2D eigenvalue weighted by atomic mass is 16.5. The molecule has 1 aliphatic heterocycles. The molecule has 0 radical (unpaired) electrons. The van der Waals surface area contributed by atoms with Gasteiger partial charge in [-0.25, -0.2) is 0 Å². The van der Waals surface area contributed by atoms with E-state index in [1.165, 1.54) is 0 Å². The van der Waals surface area contributed by atoms with E-state index >= 15 is 0 Å². The quantitative estimate of drug-likeness (QED) is 0.604. The van der Waals surface area contributed by atoms with Crippen LogP contribution >= 0.6 is 0 Å². The molecule has 0 aromatic rings. The van der Waals surface area contributed by atoms with Crippen LogP contribution < -0.4 is 0 Å². The lowest BCUT2D eigenvalue weighted by Crippen LogP contribution is -2.08. The van der Waals surface area contributed by atoms with Crippen LogP contribution in [0.3, 0.4) is 0 Å². The van der Waals surface area contributed by atoms with Crippen molar-refractivity contribution >= 4 is 5.97 Å². The van der Waals surface area contributed by atoms with Gasteiger partial charge >= 0.3 is 5.97 Å². The van der Waals surface area contributed by atoms with E-state index < -0.39 is 0 Å². The molecule has 0 spiro atoms. The Hall–Kier alpha value is -0.990. The van der Waals surface area contributed by atoms with Crippen molar-refractivity contribution in [2.75, 3.05) is 13.2 Å². The molecule has 0 bridgehead atoms. The molecule has 1 heterocycles. The average Bonchev–Trinajstić information content (AvgIpc) is 2.06. The van der Waals surface area contributed by atoms with Gasteiger partial charge in [0.25, 0.3) is 0 Å². The Bertz CT molecular complexity index is 184. The number of hydrogen-bond acceptors (Lipinski definition) is 3. The first-order valence-electron chi connectivity index (χ1n) is 4.28. The van der Waals surface area contributed by atoms with Crippen LogP contribution in [-0.4, -0.2) is 19.2 Å². The first-order chi connectivity index (χ1) is 5.83. The molecule has 3 heteroatoms. The second kappa shape index (κ2) is 4.80. The zero-order chi connectivity index (χ0) is 8.81. The van der Waals surface area contributed by atoms with E-state index in [0.29, 0.717) is 13.0 Å². The third-order valence-electron chi connectivity index (χ3n) is 1.69. The zero-order valence-corrected chi connectivity index (χ0v) is 7.34. The number of carbonyl (C=O) groups is 1. The van der Waals surface area contributed by atoms with Gasteiger partial charge in [0.05, 0.1) is 25.9 Å². The predicted molar refractivity (Wildman–Crippen MR) is 44.5 cm³/mol. The standard InChI is InChI=1S/C9H14O3/c1-2-12-9(10)6-8-4-3-5-11-7-8/h7H,2-6H2,1H3. The maximum Gasteiger partial charge on any atom is 0.310 e. The van der Waals surface area contributed by atoms with Crippen LogP contribution in [-0.2, 0) is 14.3 Å². The van der Waals surface area contributed by atoms with Gasteiger partial charge < -0.3 is 9.47 Å². The monoisotopic (exact) mass is 170 g/mol. The summed E-state index contributed by atoms with van der Waals surface area (Å²) in [5, 5.41) is 0. The molecule has 0 unspecified atom stereocenters. The third-order valence-corrected chi connectivity index (χ3v) is 1.69. The Morgan fingerprint density at radius 2 is 2.58 bits per heavy atom. The maximum atomic E-state index is 11.0. The first-order valence-corrected chi connectivity index (χ1v) is 4.28. The molecule has 12 heavy (non-hydrogen) atoms. The van der Waals surface area contributed by atoms with Crippen LogP contribution in [0.2, 0.25) is 0 Å². The first kappa shape index (κ1) is 9.10. The zero-order valence-electron chi connectivity index (χ0n) is 7.34. The summed E-state index contributed by atoms with van der Waals surface area (Å²) < 4.78 is 9.90. The van der Waals surface area contributed by atoms with Crippen molar-refractivity contribution in [3.8, 4) is 0 Å². The second-order valence-electron chi connectivity index (χ2n) is 2.73. The minimum Gasteiger partial charge on any atom is -0.501 e. The minimum absolute atomic E-state index is 0.158. The van der Waals surface area contributed by atoms with Crippen molar-refractivity contribution in [1.29, 1.82) is 0 Å². The van der Waals surface area contributed by atoms with Crippen LogP contribution in [0.5, 0.6) is 0 Å². The summed E-state index contributed by atoms with van der Waals surface area (Å²) in [5.74, 6) is -0.158. The van der Waals surface area contributed by atoms with Crippen LogP contribution in [0.4, 0.5) is 0 Å². The van der Waals surface area contributed by atoms with E-state index in [2.05, 4.69) is 0 Å². The molecule has 0 N–H and O–H groups in total. The Labute approximate surface area is 72.4 Å². The highest BCUT2D eigenvalue weighted by Crippen LogP contribution is 2.15. The highest BCUT2D eigenvalue weighted by Gasteiger charge is 2.09. The summed E-state index contributed by atoms with van der Waals surface area (Å²) in [5.41, 5.74) is 1.04. The van der Waals surface area contributed by atoms with Crippen molar-refractivity contribution in [1.82, 2.24) is 0 Å². The molecule has 0 atom stereocenters. The molecular weight excluding hydrogens is 156 g/mol. The molecule has 0 aromatic heterocycles. The van der Waals surface area contributed by atoms with E-state index in [9.17, 15) is 4.79 Å². The lowest BCUT2D eigenvalue weighted by molar-refractivity contribution is -0.142. The van der Waals surface area contributed by atoms with Gasteiger partial charge in [-0.1, -0.05) is 0 Å². The SMILES string of the molecule is CCOC(=O)CC1=COCCC1. The summed E-state index contributed by atoms with van der Waals surface area (Å²) >= 11 is 0. The molecule has 0 saturated carbocycles. The number of hydrogen-bond donors (Lipinski definition) is 0. The molecule has 0 saturated heterocycles. The fourth-order valence-corrected chi connectivity index (χ4v) is 1.15. The van der Waals surface area contributed by atoms with E-state index in [-0.39, 0.29) is 5.97 Å². The van der Waals surface area contributed by atoms with Crippen molar-refractivity contribution in [3.63, 3.8) is 0 Å². The summed E-state index contributed by atoms with van der Waals surface area (Å²) in [7, 11) is 0. The third kappa shape index (κ3) is 2.95. The molecule has 0 aliphatic carbocycles. The van der Waals surface area contributed by atoms with E-state index in [1.54, 1.807) is 6.26 Å². The van der Waals surface area contributed by atoms with E-state index in [0.717, 1.165) is 25.0 Å². The van der Waals surface area contributed by atoms with Crippen LogP contribution in [0, 0.1) is 0 Å². The van der Waals surface area contributed by atoms with Crippen LogP contribution in [0.25, 0.3) is 0 Å².